The summed E-state index contributed by atoms with van der Waals surface area (Å²) in [5, 5.41) is 10.1. The molecule has 3 fully saturated rings. The quantitative estimate of drug-likeness (QED) is 0.532. The third-order valence-corrected chi connectivity index (χ3v) is 8.71. The van der Waals surface area contributed by atoms with Gasteiger partial charge in [0.25, 0.3) is 11.8 Å². The van der Waals surface area contributed by atoms with E-state index in [9.17, 15) is 24.0 Å². The van der Waals surface area contributed by atoms with Crippen LogP contribution in [-0.2, 0) is 20.9 Å². The fourth-order valence-electron chi connectivity index (χ4n) is 6.49. The maximum absolute atomic E-state index is 13.3. The highest BCUT2D eigenvalue weighted by Gasteiger charge is 2.45. The summed E-state index contributed by atoms with van der Waals surface area (Å²) in [5.74, 6) is -1.58. The average Bonchev–Trinajstić information content (AvgIpc) is 3.55. The van der Waals surface area contributed by atoms with Crippen LogP contribution in [0.25, 0.3) is 0 Å². The van der Waals surface area contributed by atoms with E-state index in [2.05, 4.69) is 15.7 Å². The van der Waals surface area contributed by atoms with Crippen LogP contribution in [0.4, 0.5) is 5.69 Å². The van der Waals surface area contributed by atoms with Gasteiger partial charge >= 0.3 is 0 Å². The number of rotatable bonds is 6. The molecule has 1 aromatic carbocycles. The zero-order valence-corrected chi connectivity index (χ0v) is 22.4. The van der Waals surface area contributed by atoms with Crippen molar-refractivity contribution in [3.63, 3.8) is 0 Å². The molecular formula is C29H34N6O5. The van der Waals surface area contributed by atoms with Gasteiger partial charge in [0, 0.05) is 49.4 Å². The summed E-state index contributed by atoms with van der Waals surface area (Å²) in [5.41, 5.74) is 1.91. The third kappa shape index (κ3) is 4.89. The van der Waals surface area contributed by atoms with E-state index in [-0.39, 0.29) is 35.9 Å². The summed E-state index contributed by atoms with van der Waals surface area (Å²) >= 11 is 0. The number of fused-ring (bicyclic) bond motifs is 1. The Morgan fingerprint density at radius 2 is 1.75 bits per heavy atom. The van der Waals surface area contributed by atoms with Gasteiger partial charge in [0.1, 0.15) is 6.04 Å². The van der Waals surface area contributed by atoms with Gasteiger partial charge in [-0.05, 0) is 44.2 Å². The van der Waals surface area contributed by atoms with Crippen molar-refractivity contribution < 1.29 is 24.0 Å². The Hall–Kier alpha value is -4.02. The zero-order valence-electron chi connectivity index (χ0n) is 22.4. The molecule has 2 aromatic rings. The van der Waals surface area contributed by atoms with Gasteiger partial charge in [0.2, 0.25) is 17.7 Å². The lowest BCUT2D eigenvalue weighted by molar-refractivity contribution is -0.138. The largest absolute Gasteiger partial charge is 0.380 e. The van der Waals surface area contributed by atoms with Crippen LogP contribution in [0.15, 0.2) is 30.6 Å². The van der Waals surface area contributed by atoms with Crippen molar-refractivity contribution in [1.29, 1.82) is 0 Å². The van der Waals surface area contributed by atoms with E-state index < -0.39 is 29.7 Å². The van der Waals surface area contributed by atoms with Gasteiger partial charge in [-0.25, -0.2) is 0 Å². The van der Waals surface area contributed by atoms with Crippen LogP contribution in [0.2, 0.25) is 0 Å². The van der Waals surface area contributed by atoms with Crippen molar-refractivity contribution in [1.82, 2.24) is 24.9 Å². The van der Waals surface area contributed by atoms with Crippen LogP contribution in [0.3, 0.4) is 0 Å². The number of benzene rings is 1. The second-order valence-corrected chi connectivity index (χ2v) is 11.2. The van der Waals surface area contributed by atoms with E-state index in [0.29, 0.717) is 18.1 Å². The minimum Gasteiger partial charge on any atom is -0.380 e. The standard InChI is InChI=1S/C29H34N6O5/c36-24-10-9-23(26(37)32-24)35-28(39)21-7-4-8-22(25(21)29(35)40)30-15-18-16-31-34(17-18)20-11-13-33(14-12-20)27(38)19-5-2-1-3-6-19/h4,7-8,16-17,19-20,23,30H,1-3,5-6,9-15H2,(H,32,36,37). The topological polar surface area (TPSA) is 134 Å². The second kappa shape index (κ2) is 10.9. The number of hydrogen-bond donors (Lipinski definition) is 2. The molecule has 11 nitrogen and oxygen atoms in total. The Morgan fingerprint density at radius 1 is 0.975 bits per heavy atom. The first-order chi connectivity index (χ1) is 19.4. The summed E-state index contributed by atoms with van der Waals surface area (Å²) < 4.78 is 1.97. The number of nitrogens with one attached hydrogen (secondary N) is 2. The number of nitrogens with zero attached hydrogens (tertiary/aromatic N) is 4. The lowest BCUT2D eigenvalue weighted by Crippen LogP contribution is -2.54. The van der Waals surface area contributed by atoms with Crippen LogP contribution in [0.5, 0.6) is 0 Å². The molecule has 2 saturated heterocycles. The zero-order chi connectivity index (χ0) is 27.8. The summed E-state index contributed by atoms with van der Waals surface area (Å²) in [6.07, 6.45) is 11.3. The molecule has 1 unspecified atom stereocenters. The van der Waals surface area contributed by atoms with E-state index in [4.69, 9.17) is 0 Å². The van der Waals surface area contributed by atoms with E-state index in [1.165, 1.54) is 6.42 Å². The van der Waals surface area contributed by atoms with Crippen LogP contribution >= 0.6 is 0 Å². The molecular weight excluding hydrogens is 512 g/mol. The molecule has 6 rings (SSSR count). The van der Waals surface area contributed by atoms with Crippen molar-refractivity contribution in [2.75, 3.05) is 18.4 Å². The molecule has 1 atom stereocenters. The van der Waals surface area contributed by atoms with Crippen molar-refractivity contribution in [2.24, 2.45) is 5.92 Å². The van der Waals surface area contributed by atoms with Gasteiger partial charge in [-0.2, -0.15) is 5.10 Å². The molecule has 4 heterocycles. The first-order valence-electron chi connectivity index (χ1n) is 14.3. The van der Waals surface area contributed by atoms with E-state index >= 15 is 0 Å². The number of amides is 5. The summed E-state index contributed by atoms with van der Waals surface area (Å²) in [7, 11) is 0. The molecule has 4 aliphatic rings. The Balaban J connectivity index is 1.07. The Bertz CT molecular complexity index is 1350. The number of imide groups is 2. The molecule has 0 radical (unpaired) electrons. The minimum absolute atomic E-state index is 0.0781. The molecule has 11 heteroatoms. The number of carbonyl (C=O) groups is 5. The van der Waals surface area contributed by atoms with Gasteiger partial charge in [-0.15, -0.1) is 0 Å². The highest BCUT2D eigenvalue weighted by atomic mass is 16.2. The van der Waals surface area contributed by atoms with Gasteiger partial charge in [0.15, 0.2) is 0 Å². The third-order valence-electron chi connectivity index (χ3n) is 8.71. The van der Waals surface area contributed by atoms with Gasteiger partial charge in [-0.3, -0.25) is 38.9 Å². The minimum atomic E-state index is -0.999. The number of hydrogen-bond acceptors (Lipinski definition) is 7. The molecule has 2 N–H and O–H groups in total. The lowest BCUT2D eigenvalue weighted by atomic mass is 9.87. The fourth-order valence-corrected chi connectivity index (χ4v) is 6.49. The first-order valence-corrected chi connectivity index (χ1v) is 14.3. The number of piperidine rings is 2. The van der Waals surface area contributed by atoms with Gasteiger partial charge < -0.3 is 10.2 Å². The average molecular weight is 547 g/mol. The molecule has 40 heavy (non-hydrogen) atoms. The van der Waals surface area contributed by atoms with Crippen molar-refractivity contribution >= 4 is 35.2 Å². The summed E-state index contributed by atoms with van der Waals surface area (Å²) in [6, 6.07) is 4.25. The number of likely N-dealkylation sites (tertiary alicyclic amines) is 1. The molecule has 1 aromatic heterocycles. The lowest BCUT2D eigenvalue weighted by Gasteiger charge is -2.35. The molecule has 5 amide bonds. The Morgan fingerprint density at radius 3 is 2.50 bits per heavy atom. The molecule has 0 bridgehead atoms. The van der Waals surface area contributed by atoms with E-state index in [1.807, 2.05) is 15.8 Å². The van der Waals surface area contributed by atoms with Crippen LogP contribution in [0.1, 0.15) is 90.1 Å². The molecule has 3 aliphatic heterocycles. The predicted octanol–water partition coefficient (Wildman–Crippen LogP) is 2.64. The monoisotopic (exact) mass is 546 g/mol. The second-order valence-electron chi connectivity index (χ2n) is 11.2. The van der Waals surface area contributed by atoms with Crippen LogP contribution < -0.4 is 10.6 Å². The fraction of sp³-hybridized carbons (Fsp3) is 0.517. The highest BCUT2D eigenvalue weighted by molar-refractivity contribution is 6.25. The van der Waals surface area contributed by atoms with E-state index in [1.54, 1.807) is 24.4 Å². The molecule has 1 saturated carbocycles. The number of anilines is 1. The molecule has 1 aliphatic carbocycles. The van der Waals surface area contributed by atoms with Gasteiger partial charge in [-0.1, -0.05) is 25.3 Å². The first kappa shape index (κ1) is 26.2. The van der Waals surface area contributed by atoms with Crippen molar-refractivity contribution in [2.45, 2.75) is 76.4 Å². The van der Waals surface area contributed by atoms with E-state index in [0.717, 1.165) is 62.1 Å². The van der Waals surface area contributed by atoms with Gasteiger partial charge in [0.05, 0.1) is 23.4 Å². The molecule has 210 valence electrons. The SMILES string of the molecule is O=C1CCC(N2C(=O)c3cccc(NCc4cnn(C5CCN(C(=O)C6CCCCC6)CC5)c4)c3C2=O)C(=O)N1. The summed E-state index contributed by atoms with van der Waals surface area (Å²) in [4.78, 5) is 66.2. The van der Waals surface area contributed by atoms with Crippen LogP contribution in [-0.4, -0.2) is 68.2 Å². The van der Waals surface area contributed by atoms with Crippen molar-refractivity contribution in [3.8, 4) is 0 Å². The Kier molecular flexibility index (Phi) is 7.12. The molecule has 0 spiro atoms. The predicted molar refractivity (Wildman–Crippen MR) is 144 cm³/mol. The number of carbonyl (C=O) groups excluding carboxylic acids is 5. The smallest absolute Gasteiger partial charge is 0.264 e. The maximum Gasteiger partial charge on any atom is 0.264 e. The maximum atomic E-state index is 13.3. The van der Waals surface area contributed by atoms with Crippen molar-refractivity contribution in [3.05, 3.63) is 47.3 Å². The number of aromatic nitrogens is 2. The summed E-state index contributed by atoms with van der Waals surface area (Å²) in [6.45, 7) is 1.90. The normalized spacial score (nSPS) is 22.4. The Labute approximate surface area is 232 Å². The highest BCUT2D eigenvalue weighted by Crippen LogP contribution is 2.33. The van der Waals surface area contributed by atoms with Crippen LogP contribution in [0, 0.1) is 5.92 Å².